The molecule has 14 nitrogen and oxygen atoms in total. The van der Waals surface area contributed by atoms with Crippen molar-refractivity contribution in [3.8, 4) is 11.5 Å². The van der Waals surface area contributed by atoms with Gasteiger partial charge in [-0.25, -0.2) is 19.2 Å². The number of hydrogen-bond acceptors (Lipinski definition) is 12. The zero-order valence-corrected chi connectivity index (χ0v) is 28.4. The van der Waals surface area contributed by atoms with Gasteiger partial charge in [0.2, 0.25) is 0 Å². The molecule has 0 aliphatic heterocycles. The monoisotopic (exact) mass is 668 g/mol. The van der Waals surface area contributed by atoms with Gasteiger partial charge in [0.1, 0.15) is 34.8 Å². The van der Waals surface area contributed by atoms with E-state index in [-0.39, 0.29) is 24.3 Å². The number of hydrogen-bond donors (Lipinski definition) is 3. The number of rotatable bonds is 10. The van der Waals surface area contributed by atoms with Crippen molar-refractivity contribution in [3.05, 3.63) is 59.7 Å². The number of phenols is 1. The van der Waals surface area contributed by atoms with Crippen LogP contribution in [0.25, 0.3) is 0 Å². The maximum atomic E-state index is 11.9. The Morgan fingerprint density at radius 1 is 0.696 bits per heavy atom. The van der Waals surface area contributed by atoms with E-state index in [1.54, 1.807) is 65.8 Å². The fraction of sp³-hybridized carbons (Fsp3) is 0.484. The van der Waals surface area contributed by atoms with Crippen molar-refractivity contribution >= 4 is 34.2 Å². The van der Waals surface area contributed by atoms with Crippen LogP contribution in [0.2, 0.25) is 0 Å². The first-order chi connectivity index (χ1) is 21.1. The highest BCUT2D eigenvalue weighted by Crippen LogP contribution is 2.16. The second-order valence-electron chi connectivity index (χ2n) is 12.0. The second-order valence-corrected chi connectivity index (χ2v) is 13.5. The maximum absolute atomic E-state index is 11.9. The first-order valence-corrected chi connectivity index (χ1v) is 15.8. The molecule has 0 radical (unpaired) electrons. The molecule has 0 aliphatic carbocycles. The number of carbonyl (C=O) groups excluding carboxylic acids is 4. The number of aromatic hydroxyl groups is 1. The third-order valence-corrected chi connectivity index (χ3v) is 5.84. The SMILES string of the molecule is COC(=O)[C@H](Cc1ccc(O)cc1)NC(=O)OC(C)(C)C.COC(=O)[C@H](Cc1ccc(OS(C)(=O)=O)cc1)NC(=O)OC(C)(C)C. The summed E-state index contributed by atoms with van der Waals surface area (Å²) in [6.45, 7) is 10.3. The van der Waals surface area contributed by atoms with E-state index in [1.165, 1.54) is 38.5 Å². The lowest BCUT2D eigenvalue weighted by molar-refractivity contribution is -0.143. The minimum Gasteiger partial charge on any atom is -0.508 e. The van der Waals surface area contributed by atoms with Gasteiger partial charge in [0.25, 0.3) is 0 Å². The standard InChI is InChI=1S/C16H23NO7S.C15H21NO5/c1-16(2,3)23-15(19)17-13(14(18)22-4)10-11-6-8-12(9-7-11)24-25(5,20)21;1-15(2,3)21-14(19)16-12(13(18)20-4)9-10-5-7-11(17)8-6-10/h6-9,13H,10H2,1-5H3,(H,17,19);5-8,12,17H,9H2,1-4H3,(H,16,19)/t13-;12-/m00/s1. The van der Waals surface area contributed by atoms with Crippen molar-refractivity contribution in [1.29, 1.82) is 0 Å². The fourth-order valence-electron chi connectivity index (χ4n) is 3.53. The van der Waals surface area contributed by atoms with E-state index in [9.17, 15) is 32.7 Å². The highest BCUT2D eigenvalue weighted by atomic mass is 32.2. The zero-order valence-electron chi connectivity index (χ0n) is 27.5. The van der Waals surface area contributed by atoms with E-state index in [0.29, 0.717) is 5.56 Å². The van der Waals surface area contributed by atoms with Gasteiger partial charge in [-0.05, 0) is 76.9 Å². The molecule has 0 aliphatic rings. The molecule has 0 saturated carbocycles. The first-order valence-electron chi connectivity index (χ1n) is 14.0. The lowest BCUT2D eigenvalue weighted by atomic mass is 10.1. The Morgan fingerprint density at radius 3 is 1.35 bits per heavy atom. The first kappa shape index (κ1) is 39.5. The predicted octanol–water partition coefficient (Wildman–Crippen LogP) is 3.63. The van der Waals surface area contributed by atoms with Crippen LogP contribution in [0.5, 0.6) is 11.5 Å². The molecule has 0 fully saturated rings. The number of esters is 2. The smallest absolute Gasteiger partial charge is 0.408 e. The molecule has 0 bridgehead atoms. The largest absolute Gasteiger partial charge is 0.508 e. The maximum Gasteiger partial charge on any atom is 0.408 e. The summed E-state index contributed by atoms with van der Waals surface area (Å²) in [6, 6.07) is 10.7. The van der Waals surface area contributed by atoms with Gasteiger partial charge in [-0.2, -0.15) is 8.42 Å². The number of carbonyl (C=O) groups is 4. The summed E-state index contributed by atoms with van der Waals surface area (Å²) < 4.78 is 46.5. The van der Waals surface area contributed by atoms with Crippen LogP contribution >= 0.6 is 0 Å². The summed E-state index contributed by atoms with van der Waals surface area (Å²) >= 11 is 0. The van der Waals surface area contributed by atoms with Crippen molar-refractivity contribution in [2.45, 2.75) is 77.7 Å². The minimum atomic E-state index is -3.61. The van der Waals surface area contributed by atoms with E-state index in [2.05, 4.69) is 15.4 Å². The summed E-state index contributed by atoms with van der Waals surface area (Å²) in [5.74, 6) is -0.898. The topological polar surface area (TPSA) is 193 Å². The van der Waals surface area contributed by atoms with Crippen LogP contribution in [0.15, 0.2) is 48.5 Å². The van der Waals surface area contributed by atoms with Crippen LogP contribution in [-0.2, 0) is 51.5 Å². The average Bonchev–Trinajstić information content (AvgIpc) is 2.91. The summed E-state index contributed by atoms with van der Waals surface area (Å²) in [4.78, 5) is 47.2. The molecule has 0 aromatic heterocycles. The Morgan fingerprint density at radius 2 is 1.04 bits per heavy atom. The number of benzene rings is 2. The number of methoxy groups -OCH3 is 2. The lowest BCUT2D eigenvalue weighted by Crippen LogP contribution is -2.45. The normalized spacial score (nSPS) is 12.6. The third-order valence-electron chi connectivity index (χ3n) is 5.34. The van der Waals surface area contributed by atoms with Crippen molar-refractivity contribution in [1.82, 2.24) is 10.6 Å². The van der Waals surface area contributed by atoms with Gasteiger partial charge in [0.15, 0.2) is 0 Å². The molecule has 0 unspecified atom stereocenters. The summed E-state index contributed by atoms with van der Waals surface area (Å²) in [6.07, 6.45) is -0.0902. The number of alkyl carbamates (subject to hydrolysis) is 2. The van der Waals surface area contributed by atoms with Crippen molar-refractivity contribution in [3.63, 3.8) is 0 Å². The highest BCUT2D eigenvalue weighted by molar-refractivity contribution is 7.86. The second kappa shape index (κ2) is 17.2. The summed E-state index contributed by atoms with van der Waals surface area (Å²) in [5, 5.41) is 14.2. The quantitative estimate of drug-likeness (QED) is 0.189. The Hall–Kier alpha value is -4.53. The molecule has 2 atom stereocenters. The zero-order chi connectivity index (χ0) is 35.3. The van der Waals surface area contributed by atoms with Gasteiger partial charge in [0.05, 0.1) is 20.5 Å². The van der Waals surface area contributed by atoms with Crippen LogP contribution < -0.4 is 14.8 Å². The lowest BCUT2D eigenvalue weighted by Gasteiger charge is -2.22. The number of amides is 2. The van der Waals surface area contributed by atoms with Crippen LogP contribution in [-0.4, -0.2) is 81.4 Å². The van der Waals surface area contributed by atoms with E-state index in [0.717, 1.165) is 11.8 Å². The van der Waals surface area contributed by atoms with E-state index >= 15 is 0 Å². The van der Waals surface area contributed by atoms with Crippen LogP contribution in [0.4, 0.5) is 9.59 Å². The molecule has 15 heteroatoms. The van der Waals surface area contributed by atoms with Crippen molar-refractivity contribution < 1.29 is 55.8 Å². The predicted molar refractivity (Wildman–Crippen MR) is 168 cm³/mol. The van der Waals surface area contributed by atoms with E-state index < -0.39 is 57.5 Å². The third kappa shape index (κ3) is 17.1. The Balaban J connectivity index is 0.000000467. The molecule has 2 aromatic rings. The van der Waals surface area contributed by atoms with Crippen LogP contribution in [0.3, 0.4) is 0 Å². The number of nitrogens with one attached hydrogen (secondary N) is 2. The van der Waals surface area contributed by atoms with Gasteiger partial charge in [-0.3, -0.25) is 0 Å². The minimum absolute atomic E-state index is 0.133. The Kier molecular flexibility index (Phi) is 14.8. The van der Waals surface area contributed by atoms with Gasteiger partial charge < -0.3 is 38.9 Å². The molecule has 2 amide bonds. The molecular formula is C31H44N2O12S. The van der Waals surface area contributed by atoms with Crippen LogP contribution in [0, 0.1) is 0 Å². The van der Waals surface area contributed by atoms with E-state index in [1.807, 2.05) is 0 Å². The number of phenolic OH excluding ortho intramolecular Hbond substituents is 1. The van der Waals surface area contributed by atoms with Gasteiger partial charge in [-0.1, -0.05) is 24.3 Å². The molecule has 46 heavy (non-hydrogen) atoms. The number of ether oxygens (including phenoxy) is 4. The fourth-order valence-corrected chi connectivity index (χ4v) is 3.99. The molecule has 0 spiro atoms. The Bertz CT molecular complexity index is 1410. The summed E-state index contributed by atoms with van der Waals surface area (Å²) in [7, 11) is -1.14. The molecule has 3 N–H and O–H groups in total. The average molecular weight is 669 g/mol. The molecule has 0 saturated heterocycles. The van der Waals surface area contributed by atoms with Crippen molar-refractivity contribution in [2.24, 2.45) is 0 Å². The molecular weight excluding hydrogens is 624 g/mol. The van der Waals surface area contributed by atoms with Gasteiger partial charge >= 0.3 is 34.2 Å². The van der Waals surface area contributed by atoms with Gasteiger partial charge in [0, 0.05) is 12.8 Å². The molecule has 256 valence electrons. The van der Waals surface area contributed by atoms with Crippen molar-refractivity contribution in [2.75, 3.05) is 20.5 Å². The van der Waals surface area contributed by atoms with Gasteiger partial charge in [-0.15, -0.1) is 0 Å². The van der Waals surface area contributed by atoms with E-state index in [4.69, 9.17) is 18.4 Å². The molecule has 2 aromatic carbocycles. The highest BCUT2D eigenvalue weighted by Gasteiger charge is 2.26. The summed E-state index contributed by atoms with van der Waals surface area (Å²) in [5.41, 5.74) is 0.102. The molecule has 0 heterocycles. The van der Waals surface area contributed by atoms with Crippen LogP contribution in [0.1, 0.15) is 52.7 Å². The molecule has 2 rings (SSSR count). The Labute approximate surface area is 269 Å².